The molecule has 2 amide bonds. The lowest BCUT2D eigenvalue weighted by Crippen LogP contribution is -2.41. The van der Waals surface area contributed by atoms with Crippen molar-refractivity contribution in [2.45, 2.75) is 32.1 Å². The van der Waals surface area contributed by atoms with E-state index in [2.05, 4.69) is 10.2 Å². The van der Waals surface area contributed by atoms with Gasteiger partial charge < -0.3 is 15.1 Å². The van der Waals surface area contributed by atoms with Crippen LogP contribution in [0.5, 0.6) is 0 Å². The van der Waals surface area contributed by atoms with E-state index in [1.807, 2.05) is 65.6 Å². The highest BCUT2D eigenvalue weighted by Gasteiger charge is 2.28. The molecule has 2 aliphatic heterocycles. The highest BCUT2D eigenvalue weighted by molar-refractivity contribution is 6.33. The van der Waals surface area contributed by atoms with Crippen LogP contribution in [0, 0.1) is 5.92 Å². The number of amides is 2. The van der Waals surface area contributed by atoms with Crippen LogP contribution < -0.4 is 10.2 Å². The second-order valence-electron chi connectivity index (χ2n) is 9.30. The number of hydrogen-bond acceptors (Lipinski definition) is 3. The van der Waals surface area contributed by atoms with Crippen molar-refractivity contribution in [1.82, 2.24) is 4.90 Å². The van der Waals surface area contributed by atoms with Crippen molar-refractivity contribution >= 4 is 45.6 Å². The number of rotatable bonds is 4. The van der Waals surface area contributed by atoms with Crippen molar-refractivity contribution in [3.63, 3.8) is 0 Å². The molecule has 0 aliphatic carbocycles. The Morgan fingerprint density at radius 3 is 2.35 bits per heavy atom. The van der Waals surface area contributed by atoms with Crippen LogP contribution in [-0.4, -0.2) is 42.9 Å². The van der Waals surface area contributed by atoms with Crippen LogP contribution >= 0.6 is 11.6 Å². The Balaban J connectivity index is 1.19. The van der Waals surface area contributed by atoms with E-state index in [0.29, 0.717) is 31.0 Å². The van der Waals surface area contributed by atoms with E-state index in [1.165, 1.54) is 19.3 Å². The molecule has 0 spiro atoms. The minimum absolute atomic E-state index is 0.000881. The van der Waals surface area contributed by atoms with Crippen LogP contribution in [0.15, 0.2) is 60.7 Å². The quantitative estimate of drug-likeness (QED) is 0.505. The van der Waals surface area contributed by atoms with Crippen molar-refractivity contribution in [3.8, 4) is 0 Å². The largest absolute Gasteiger partial charge is 0.370 e. The molecule has 0 aromatic heterocycles. The van der Waals surface area contributed by atoms with Gasteiger partial charge in [-0.3, -0.25) is 9.59 Å². The van der Waals surface area contributed by atoms with E-state index < -0.39 is 0 Å². The van der Waals surface area contributed by atoms with Gasteiger partial charge in [-0.2, -0.15) is 0 Å². The number of fused-ring (bicyclic) bond motifs is 1. The molecule has 5 rings (SSSR count). The predicted molar refractivity (Wildman–Crippen MR) is 139 cm³/mol. The molecule has 0 atom stereocenters. The van der Waals surface area contributed by atoms with Crippen LogP contribution in [0.25, 0.3) is 10.8 Å². The normalized spacial score (nSPS) is 17.1. The Hall–Kier alpha value is -3.05. The van der Waals surface area contributed by atoms with Crippen LogP contribution in [-0.2, 0) is 4.79 Å². The lowest BCUT2D eigenvalue weighted by molar-refractivity contribution is -0.121. The lowest BCUT2D eigenvalue weighted by atomic mass is 9.94. The molecule has 0 radical (unpaired) electrons. The maximum atomic E-state index is 13.2. The molecule has 0 bridgehead atoms. The molecule has 5 nitrogen and oxygen atoms in total. The summed E-state index contributed by atoms with van der Waals surface area (Å²) in [7, 11) is 0. The molecule has 0 saturated carbocycles. The second kappa shape index (κ2) is 10.1. The van der Waals surface area contributed by atoms with E-state index in [4.69, 9.17) is 11.6 Å². The van der Waals surface area contributed by atoms with Crippen molar-refractivity contribution in [2.75, 3.05) is 36.4 Å². The summed E-state index contributed by atoms with van der Waals surface area (Å²) in [6.45, 7) is 3.21. The molecule has 3 aromatic carbocycles. The maximum Gasteiger partial charge on any atom is 0.254 e. The summed E-state index contributed by atoms with van der Waals surface area (Å²) >= 11 is 6.55. The third-order valence-electron chi connectivity index (χ3n) is 7.08. The molecule has 176 valence electrons. The second-order valence-corrected chi connectivity index (χ2v) is 9.70. The van der Waals surface area contributed by atoms with Crippen LogP contribution in [0.2, 0.25) is 5.02 Å². The van der Waals surface area contributed by atoms with Gasteiger partial charge in [-0.15, -0.1) is 0 Å². The summed E-state index contributed by atoms with van der Waals surface area (Å²) in [5.74, 6) is -0.0769. The summed E-state index contributed by atoms with van der Waals surface area (Å²) < 4.78 is 0. The molecule has 3 aromatic rings. The zero-order valence-electron chi connectivity index (χ0n) is 19.3. The van der Waals surface area contributed by atoms with Gasteiger partial charge in [-0.25, -0.2) is 0 Å². The van der Waals surface area contributed by atoms with Gasteiger partial charge in [0.05, 0.1) is 10.7 Å². The molecule has 1 N–H and O–H groups in total. The number of carbonyl (C=O) groups is 2. The van der Waals surface area contributed by atoms with Crippen LogP contribution in [0.3, 0.4) is 0 Å². The highest BCUT2D eigenvalue weighted by Crippen LogP contribution is 2.31. The number of nitrogens with one attached hydrogen (secondary N) is 1. The minimum atomic E-state index is -0.114. The summed E-state index contributed by atoms with van der Waals surface area (Å²) in [5.41, 5.74) is 2.49. The van der Waals surface area contributed by atoms with Crippen molar-refractivity contribution in [2.24, 2.45) is 5.92 Å². The third-order valence-corrected chi connectivity index (χ3v) is 7.39. The average Bonchev–Trinajstić information content (AvgIpc) is 2.88. The standard InChI is InChI=1S/C28H30ClN3O2/c29-25-19-22(11-12-26(25)31-15-4-1-5-16-31)30-27(33)21-13-17-32(18-14-21)28(34)24-10-6-8-20-7-2-3-9-23(20)24/h2-3,6-12,19,21H,1,4-5,13-18H2,(H,30,33). The predicted octanol–water partition coefficient (Wildman–Crippen LogP) is 5.97. The first-order chi connectivity index (χ1) is 16.6. The molecule has 6 heteroatoms. The van der Waals surface area contributed by atoms with Gasteiger partial charge in [0.15, 0.2) is 0 Å². The molecule has 2 heterocycles. The van der Waals surface area contributed by atoms with Crippen molar-refractivity contribution in [1.29, 1.82) is 0 Å². The van der Waals surface area contributed by atoms with E-state index >= 15 is 0 Å². The Bertz CT molecular complexity index is 1190. The van der Waals surface area contributed by atoms with Gasteiger partial charge in [0.2, 0.25) is 5.91 Å². The molecular formula is C28H30ClN3O2. The number of anilines is 2. The summed E-state index contributed by atoms with van der Waals surface area (Å²) in [6, 6.07) is 19.6. The smallest absolute Gasteiger partial charge is 0.254 e. The van der Waals surface area contributed by atoms with Gasteiger partial charge in [-0.05, 0) is 67.1 Å². The molecule has 0 unspecified atom stereocenters. The fourth-order valence-electron chi connectivity index (χ4n) is 5.15. The Morgan fingerprint density at radius 2 is 1.59 bits per heavy atom. The van der Waals surface area contributed by atoms with E-state index in [9.17, 15) is 9.59 Å². The number of likely N-dealkylation sites (tertiary alicyclic amines) is 1. The van der Waals surface area contributed by atoms with Gasteiger partial charge in [0.1, 0.15) is 0 Å². The summed E-state index contributed by atoms with van der Waals surface area (Å²) in [4.78, 5) is 30.3. The molecule has 2 fully saturated rings. The van der Waals surface area contributed by atoms with Gasteiger partial charge >= 0.3 is 0 Å². The third kappa shape index (κ3) is 4.76. The zero-order chi connectivity index (χ0) is 23.5. The number of nitrogens with zero attached hydrogens (tertiary/aromatic N) is 2. The van der Waals surface area contributed by atoms with Gasteiger partial charge in [0, 0.05) is 43.3 Å². The fraction of sp³-hybridized carbons (Fsp3) is 0.357. The van der Waals surface area contributed by atoms with Crippen LogP contribution in [0.4, 0.5) is 11.4 Å². The van der Waals surface area contributed by atoms with E-state index in [0.717, 1.165) is 40.8 Å². The maximum absolute atomic E-state index is 13.2. The Labute approximate surface area is 205 Å². The molecule has 2 saturated heterocycles. The summed E-state index contributed by atoms with van der Waals surface area (Å²) in [6.07, 6.45) is 4.96. The molecular weight excluding hydrogens is 446 g/mol. The average molecular weight is 476 g/mol. The Kier molecular flexibility index (Phi) is 6.73. The number of carbonyl (C=O) groups excluding carboxylic acids is 2. The van der Waals surface area contributed by atoms with Gasteiger partial charge in [-0.1, -0.05) is 48.0 Å². The van der Waals surface area contributed by atoms with E-state index in [1.54, 1.807) is 0 Å². The lowest BCUT2D eigenvalue weighted by Gasteiger charge is -2.32. The molecule has 2 aliphatic rings. The topological polar surface area (TPSA) is 52.7 Å². The van der Waals surface area contributed by atoms with Gasteiger partial charge in [0.25, 0.3) is 5.91 Å². The fourth-order valence-corrected chi connectivity index (χ4v) is 5.45. The van der Waals surface area contributed by atoms with Crippen molar-refractivity contribution < 1.29 is 9.59 Å². The Morgan fingerprint density at radius 1 is 0.853 bits per heavy atom. The molecule has 34 heavy (non-hydrogen) atoms. The SMILES string of the molecule is O=C(Nc1ccc(N2CCCCC2)c(Cl)c1)C1CCN(C(=O)c2cccc3ccccc23)CC1. The summed E-state index contributed by atoms with van der Waals surface area (Å²) in [5, 5.41) is 5.75. The monoisotopic (exact) mass is 475 g/mol. The number of piperidine rings is 2. The number of hydrogen-bond donors (Lipinski definition) is 1. The first-order valence-electron chi connectivity index (χ1n) is 12.2. The first kappa shape index (κ1) is 22.7. The van der Waals surface area contributed by atoms with Crippen molar-refractivity contribution in [3.05, 3.63) is 71.2 Å². The highest BCUT2D eigenvalue weighted by atomic mass is 35.5. The minimum Gasteiger partial charge on any atom is -0.370 e. The van der Waals surface area contributed by atoms with E-state index in [-0.39, 0.29) is 17.7 Å². The number of benzene rings is 3. The number of halogens is 1. The first-order valence-corrected chi connectivity index (χ1v) is 12.6. The van der Waals surface area contributed by atoms with Crippen LogP contribution in [0.1, 0.15) is 42.5 Å². The zero-order valence-corrected chi connectivity index (χ0v) is 20.1.